The Morgan fingerprint density at radius 2 is 1.97 bits per heavy atom. The number of ether oxygens (including phenoxy) is 3. The van der Waals surface area contributed by atoms with Crippen LogP contribution in [0.3, 0.4) is 0 Å². The van der Waals surface area contributed by atoms with Gasteiger partial charge in [0.15, 0.2) is 0 Å². The minimum Gasteiger partial charge on any atom is -0.489 e. The van der Waals surface area contributed by atoms with Crippen LogP contribution in [0.4, 0.5) is 0 Å². The second kappa shape index (κ2) is 7.34. The SMILES string of the molecule is CC12CCC(c3cn4cc(C(=O)Oc5ccccc5)c(OC5CCCC5)cc4n3)(CO1)C2. The van der Waals surface area contributed by atoms with Gasteiger partial charge < -0.3 is 18.6 Å². The number of rotatable bonds is 5. The van der Waals surface area contributed by atoms with Crippen LogP contribution < -0.4 is 9.47 Å². The van der Waals surface area contributed by atoms with Gasteiger partial charge in [-0.15, -0.1) is 0 Å². The molecule has 3 fully saturated rings. The van der Waals surface area contributed by atoms with Crippen LogP contribution in [0.5, 0.6) is 11.5 Å². The number of hydrogen-bond acceptors (Lipinski definition) is 5. The molecule has 3 aromatic rings. The average molecular weight is 433 g/mol. The van der Waals surface area contributed by atoms with E-state index in [0.717, 1.165) is 56.3 Å². The molecular formula is C26H28N2O4. The lowest BCUT2D eigenvalue weighted by Gasteiger charge is -2.24. The Balaban J connectivity index is 1.38. The van der Waals surface area contributed by atoms with Crippen molar-refractivity contribution in [2.24, 2.45) is 0 Å². The molecule has 2 aliphatic carbocycles. The molecule has 0 amide bonds. The van der Waals surface area contributed by atoms with Crippen LogP contribution in [0, 0.1) is 0 Å². The Bertz CT molecular complexity index is 1160. The first-order chi connectivity index (χ1) is 15.5. The molecule has 1 aromatic carbocycles. The number of para-hydroxylation sites is 1. The molecule has 2 unspecified atom stereocenters. The molecule has 0 spiro atoms. The lowest BCUT2D eigenvalue weighted by molar-refractivity contribution is -0.00627. The zero-order valence-electron chi connectivity index (χ0n) is 18.4. The zero-order chi connectivity index (χ0) is 21.8. The number of nitrogens with zero attached hydrogens (tertiary/aromatic N) is 2. The van der Waals surface area contributed by atoms with Gasteiger partial charge in [-0.1, -0.05) is 18.2 Å². The van der Waals surface area contributed by atoms with E-state index in [1.165, 1.54) is 0 Å². The van der Waals surface area contributed by atoms with E-state index in [-0.39, 0.29) is 17.1 Å². The van der Waals surface area contributed by atoms with E-state index in [4.69, 9.17) is 19.2 Å². The van der Waals surface area contributed by atoms with Crippen LogP contribution in [0.2, 0.25) is 0 Å². The summed E-state index contributed by atoms with van der Waals surface area (Å²) < 4.78 is 20.0. The minimum atomic E-state index is -0.419. The van der Waals surface area contributed by atoms with Gasteiger partial charge in [0.05, 0.1) is 24.0 Å². The second-order valence-electron chi connectivity index (χ2n) is 9.87. The zero-order valence-corrected chi connectivity index (χ0v) is 18.4. The lowest BCUT2D eigenvalue weighted by Crippen LogP contribution is -2.26. The predicted molar refractivity (Wildman–Crippen MR) is 119 cm³/mol. The van der Waals surface area contributed by atoms with Crippen molar-refractivity contribution in [3.63, 3.8) is 0 Å². The van der Waals surface area contributed by atoms with Gasteiger partial charge in [-0.3, -0.25) is 0 Å². The van der Waals surface area contributed by atoms with Crippen LogP contribution in [0.15, 0.2) is 48.8 Å². The van der Waals surface area contributed by atoms with E-state index < -0.39 is 5.97 Å². The predicted octanol–water partition coefficient (Wildman–Crippen LogP) is 5.09. The van der Waals surface area contributed by atoms with Gasteiger partial charge in [0.2, 0.25) is 0 Å². The fraction of sp³-hybridized carbons (Fsp3) is 0.462. The highest BCUT2D eigenvalue weighted by atomic mass is 16.5. The molecule has 0 N–H and O–H groups in total. The number of benzene rings is 1. The Morgan fingerprint density at radius 3 is 2.66 bits per heavy atom. The van der Waals surface area contributed by atoms with E-state index in [2.05, 4.69) is 6.92 Å². The summed E-state index contributed by atoms with van der Waals surface area (Å²) >= 11 is 0. The highest BCUT2D eigenvalue weighted by Gasteiger charge is 2.55. The second-order valence-corrected chi connectivity index (χ2v) is 9.87. The van der Waals surface area contributed by atoms with Crippen LogP contribution >= 0.6 is 0 Å². The van der Waals surface area contributed by atoms with Crippen LogP contribution in [-0.2, 0) is 10.2 Å². The van der Waals surface area contributed by atoms with Crippen LogP contribution in [0.1, 0.15) is 67.9 Å². The van der Waals surface area contributed by atoms with E-state index in [9.17, 15) is 4.79 Å². The first kappa shape index (κ1) is 19.8. The summed E-state index contributed by atoms with van der Waals surface area (Å²) in [6.45, 7) is 2.91. The quantitative estimate of drug-likeness (QED) is 0.415. The Labute approximate surface area is 187 Å². The molecule has 2 saturated carbocycles. The highest BCUT2D eigenvalue weighted by Crippen LogP contribution is 2.53. The maximum Gasteiger partial charge on any atom is 0.348 e. The van der Waals surface area contributed by atoms with Gasteiger partial charge in [0, 0.05) is 23.9 Å². The van der Waals surface area contributed by atoms with E-state index in [1.807, 2.05) is 41.1 Å². The van der Waals surface area contributed by atoms with Crippen molar-refractivity contribution in [3.8, 4) is 11.5 Å². The molecule has 6 heteroatoms. The number of imidazole rings is 1. The van der Waals surface area contributed by atoms with Crippen molar-refractivity contribution < 1.29 is 19.0 Å². The molecule has 6 nitrogen and oxygen atoms in total. The van der Waals surface area contributed by atoms with Crippen molar-refractivity contribution in [1.29, 1.82) is 0 Å². The summed E-state index contributed by atoms with van der Waals surface area (Å²) in [6, 6.07) is 11.0. The van der Waals surface area contributed by atoms with Gasteiger partial charge in [-0.05, 0) is 64.0 Å². The fourth-order valence-corrected chi connectivity index (χ4v) is 5.61. The molecule has 3 aliphatic rings. The number of aromatic nitrogens is 2. The van der Waals surface area contributed by atoms with E-state index >= 15 is 0 Å². The lowest BCUT2D eigenvalue weighted by atomic mass is 9.84. The molecule has 2 aromatic heterocycles. The summed E-state index contributed by atoms with van der Waals surface area (Å²) in [6.07, 6.45) is 11.5. The summed E-state index contributed by atoms with van der Waals surface area (Å²) in [5.74, 6) is 0.652. The summed E-state index contributed by atoms with van der Waals surface area (Å²) in [4.78, 5) is 18.1. The summed E-state index contributed by atoms with van der Waals surface area (Å²) in [5.41, 5.74) is 2.20. The fourth-order valence-electron chi connectivity index (χ4n) is 5.61. The van der Waals surface area contributed by atoms with Gasteiger partial charge in [-0.2, -0.15) is 0 Å². The summed E-state index contributed by atoms with van der Waals surface area (Å²) in [5, 5.41) is 0. The molecule has 2 bridgehead atoms. The van der Waals surface area contributed by atoms with Crippen molar-refractivity contribution in [2.45, 2.75) is 69.0 Å². The van der Waals surface area contributed by atoms with Gasteiger partial charge >= 0.3 is 5.97 Å². The maximum atomic E-state index is 13.1. The third-order valence-electron chi connectivity index (χ3n) is 7.41. The number of esters is 1. The van der Waals surface area contributed by atoms with Crippen molar-refractivity contribution >= 4 is 11.6 Å². The molecular weight excluding hydrogens is 404 g/mol. The molecule has 3 heterocycles. The number of carbonyl (C=O) groups excluding carboxylic acids is 1. The van der Waals surface area contributed by atoms with Crippen LogP contribution in [-0.4, -0.2) is 33.7 Å². The van der Waals surface area contributed by atoms with Gasteiger partial charge in [0.25, 0.3) is 0 Å². The largest absolute Gasteiger partial charge is 0.489 e. The number of pyridine rings is 1. The van der Waals surface area contributed by atoms with Gasteiger partial charge in [0.1, 0.15) is 22.7 Å². The van der Waals surface area contributed by atoms with Crippen molar-refractivity contribution in [3.05, 3.63) is 60.0 Å². The molecule has 1 aliphatic heterocycles. The molecule has 6 rings (SSSR count). The number of carbonyl (C=O) groups is 1. The third kappa shape index (κ3) is 3.37. The average Bonchev–Trinajstić information content (AvgIpc) is 3.57. The van der Waals surface area contributed by atoms with E-state index in [0.29, 0.717) is 23.7 Å². The Hall–Kier alpha value is -2.86. The van der Waals surface area contributed by atoms with E-state index in [1.54, 1.807) is 12.1 Å². The van der Waals surface area contributed by atoms with Crippen molar-refractivity contribution in [2.75, 3.05) is 6.61 Å². The monoisotopic (exact) mass is 432 g/mol. The third-order valence-corrected chi connectivity index (χ3v) is 7.41. The molecule has 1 saturated heterocycles. The maximum absolute atomic E-state index is 13.1. The molecule has 0 radical (unpaired) electrons. The van der Waals surface area contributed by atoms with Crippen LogP contribution in [0.25, 0.3) is 5.65 Å². The molecule has 32 heavy (non-hydrogen) atoms. The summed E-state index contributed by atoms with van der Waals surface area (Å²) in [7, 11) is 0. The first-order valence-corrected chi connectivity index (χ1v) is 11.6. The number of fused-ring (bicyclic) bond motifs is 3. The normalized spacial score (nSPS) is 27.3. The number of hydrogen-bond donors (Lipinski definition) is 0. The molecule has 2 atom stereocenters. The highest BCUT2D eigenvalue weighted by molar-refractivity contribution is 5.94. The van der Waals surface area contributed by atoms with Crippen molar-refractivity contribution in [1.82, 2.24) is 9.38 Å². The Morgan fingerprint density at radius 1 is 1.16 bits per heavy atom. The smallest absolute Gasteiger partial charge is 0.348 e. The molecule has 166 valence electrons. The first-order valence-electron chi connectivity index (χ1n) is 11.6. The Kier molecular flexibility index (Phi) is 4.54. The van der Waals surface area contributed by atoms with Gasteiger partial charge in [-0.25, -0.2) is 9.78 Å². The minimum absolute atomic E-state index is 0.0298. The topological polar surface area (TPSA) is 62.1 Å². The standard InChI is InChI=1S/C26H28N2O4/c1-25-11-12-26(16-25,17-30-25)22-15-28-14-20(24(29)32-19-7-3-2-4-8-19)21(13-23(28)27-22)31-18-9-5-6-10-18/h2-4,7-8,13-15,18H,5-6,9-12,16-17H2,1H3.